The van der Waals surface area contributed by atoms with Crippen molar-refractivity contribution in [2.45, 2.75) is 31.9 Å². The molecule has 0 radical (unpaired) electrons. The van der Waals surface area contributed by atoms with Crippen molar-refractivity contribution in [1.82, 2.24) is 9.46 Å². The topological polar surface area (TPSA) is 66.7 Å². The molecule has 0 atom stereocenters. The van der Waals surface area contributed by atoms with Gasteiger partial charge in [-0.25, -0.2) is 8.42 Å². The Morgan fingerprint density at radius 1 is 0.966 bits per heavy atom. The summed E-state index contributed by atoms with van der Waals surface area (Å²) in [6.07, 6.45) is 0. The van der Waals surface area contributed by atoms with Gasteiger partial charge in [-0.05, 0) is 57.0 Å². The number of nitrogens with zero attached hydrogens (tertiary/aromatic N) is 3. The van der Waals surface area contributed by atoms with E-state index in [9.17, 15) is 8.42 Å². The van der Waals surface area contributed by atoms with Crippen LogP contribution in [-0.4, -0.2) is 44.1 Å². The summed E-state index contributed by atoms with van der Waals surface area (Å²) in [5.74, 6) is 0.647. The van der Waals surface area contributed by atoms with Gasteiger partial charge in [0.1, 0.15) is 4.21 Å². The predicted molar refractivity (Wildman–Crippen MR) is 116 cm³/mol. The van der Waals surface area contributed by atoms with Gasteiger partial charge in [0.2, 0.25) is 0 Å². The van der Waals surface area contributed by atoms with Gasteiger partial charge in [0.15, 0.2) is 5.76 Å². The Labute approximate surface area is 175 Å². The van der Waals surface area contributed by atoms with Crippen LogP contribution in [0.25, 0.3) is 10.6 Å². The smallest absolute Gasteiger partial charge is 0.252 e. The lowest BCUT2D eigenvalue weighted by Gasteiger charge is -2.36. The molecule has 1 fully saturated rings. The quantitative estimate of drug-likeness (QED) is 0.621. The number of hydrogen-bond donors (Lipinski definition) is 0. The average Bonchev–Trinajstić information content (AvgIpc) is 3.32. The maximum atomic E-state index is 13.2. The molecule has 3 heterocycles. The number of benzene rings is 1. The fourth-order valence-electron chi connectivity index (χ4n) is 3.60. The lowest BCUT2D eigenvalue weighted by molar-refractivity contribution is 0.385. The molecule has 154 valence electrons. The Morgan fingerprint density at radius 2 is 1.69 bits per heavy atom. The van der Waals surface area contributed by atoms with E-state index >= 15 is 0 Å². The summed E-state index contributed by atoms with van der Waals surface area (Å²) < 4.78 is 33.6. The second-order valence-electron chi connectivity index (χ2n) is 7.45. The Morgan fingerprint density at radius 3 is 2.34 bits per heavy atom. The third-order valence-electron chi connectivity index (χ3n) is 5.71. The first-order chi connectivity index (χ1) is 13.8. The van der Waals surface area contributed by atoms with Crippen molar-refractivity contribution in [3.8, 4) is 10.6 Å². The van der Waals surface area contributed by atoms with Crippen LogP contribution in [0.4, 0.5) is 5.69 Å². The van der Waals surface area contributed by atoms with Gasteiger partial charge >= 0.3 is 0 Å². The molecule has 29 heavy (non-hydrogen) atoms. The van der Waals surface area contributed by atoms with Crippen molar-refractivity contribution in [3.05, 3.63) is 52.7 Å². The zero-order valence-electron chi connectivity index (χ0n) is 17.1. The van der Waals surface area contributed by atoms with Crippen LogP contribution in [0.2, 0.25) is 0 Å². The number of hydrogen-bond acceptors (Lipinski definition) is 6. The SMILES string of the molecule is Cc1cccc(N2CCN(S(=O)(=O)c3ccc(-c4onc(C)c4C)s3)CC2)c1C. The molecule has 4 rings (SSSR count). The van der Waals surface area contributed by atoms with Crippen LogP contribution in [-0.2, 0) is 10.0 Å². The molecular formula is C21H25N3O3S2. The Hall–Kier alpha value is -2.16. The van der Waals surface area contributed by atoms with Crippen molar-refractivity contribution in [2.24, 2.45) is 0 Å². The summed E-state index contributed by atoms with van der Waals surface area (Å²) in [5, 5.41) is 3.97. The van der Waals surface area contributed by atoms with E-state index in [2.05, 4.69) is 42.1 Å². The van der Waals surface area contributed by atoms with Crippen molar-refractivity contribution in [2.75, 3.05) is 31.1 Å². The number of sulfonamides is 1. The Balaban J connectivity index is 1.51. The van der Waals surface area contributed by atoms with E-state index in [0.29, 0.717) is 36.1 Å². The minimum absolute atomic E-state index is 0.348. The maximum Gasteiger partial charge on any atom is 0.252 e. The van der Waals surface area contributed by atoms with Crippen LogP contribution < -0.4 is 4.90 Å². The first-order valence-corrected chi connectivity index (χ1v) is 11.9. The van der Waals surface area contributed by atoms with E-state index in [1.54, 1.807) is 16.4 Å². The van der Waals surface area contributed by atoms with E-state index in [4.69, 9.17) is 4.52 Å². The number of piperazine rings is 1. The van der Waals surface area contributed by atoms with Crippen LogP contribution in [0.5, 0.6) is 0 Å². The molecule has 1 aliphatic rings. The highest BCUT2D eigenvalue weighted by molar-refractivity contribution is 7.91. The van der Waals surface area contributed by atoms with E-state index < -0.39 is 10.0 Å². The molecule has 0 aliphatic carbocycles. The molecule has 1 aromatic carbocycles. The van der Waals surface area contributed by atoms with E-state index in [0.717, 1.165) is 16.1 Å². The van der Waals surface area contributed by atoms with Crippen molar-refractivity contribution in [1.29, 1.82) is 0 Å². The van der Waals surface area contributed by atoms with Crippen molar-refractivity contribution in [3.63, 3.8) is 0 Å². The number of rotatable bonds is 4. The molecular weight excluding hydrogens is 406 g/mol. The van der Waals surface area contributed by atoms with Gasteiger partial charge < -0.3 is 9.42 Å². The van der Waals surface area contributed by atoms with Gasteiger partial charge in [-0.15, -0.1) is 11.3 Å². The summed E-state index contributed by atoms with van der Waals surface area (Å²) in [6.45, 7) is 10.3. The van der Waals surface area contributed by atoms with Crippen molar-refractivity contribution < 1.29 is 12.9 Å². The van der Waals surface area contributed by atoms with Gasteiger partial charge in [-0.2, -0.15) is 4.31 Å². The Bertz CT molecular complexity index is 1140. The standard InChI is InChI=1S/C21H25N3O3S2/c1-14-6-5-7-18(15(14)2)23-10-12-24(13-11-23)29(25,26)20-9-8-19(28-20)21-16(3)17(4)22-27-21/h5-9H,10-13H2,1-4H3. The fourth-order valence-corrected chi connectivity index (χ4v) is 6.52. The van der Waals surface area contributed by atoms with Gasteiger partial charge in [-0.3, -0.25) is 0 Å². The zero-order valence-corrected chi connectivity index (χ0v) is 18.7. The average molecular weight is 432 g/mol. The molecule has 6 nitrogen and oxygen atoms in total. The maximum absolute atomic E-state index is 13.2. The predicted octanol–water partition coefficient (Wildman–Crippen LogP) is 4.15. The largest absolute Gasteiger partial charge is 0.369 e. The number of thiophene rings is 1. The fraction of sp³-hybridized carbons (Fsp3) is 0.381. The van der Waals surface area contributed by atoms with Crippen molar-refractivity contribution >= 4 is 27.0 Å². The Kier molecular flexibility index (Phi) is 5.27. The molecule has 3 aromatic rings. The molecule has 1 saturated heterocycles. The van der Waals surface area contributed by atoms with E-state index in [1.807, 2.05) is 13.8 Å². The summed E-state index contributed by atoms with van der Waals surface area (Å²) in [5.41, 5.74) is 5.46. The van der Waals surface area contributed by atoms with Crippen LogP contribution in [0, 0.1) is 27.7 Å². The van der Waals surface area contributed by atoms with E-state index in [-0.39, 0.29) is 0 Å². The number of aromatic nitrogens is 1. The highest BCUT2D eigenvalue weighted by Crippen LogP contribution is 2.35. The monoisotopic (exact) mass is 431 g/mol. The summed E-state index contributed by atoms with van der Waals surface area (Å²) in [6, 6.07) is 9.74. The lowest BCUT2D eigenvalue weighted by Crippen LogP contribution is -2.48. The van der Waals surface area contributed by atoms with Crippen LogP contribution in [0.1, 0.15) is 22.4 Å². The number of aryl methyl sites for hydroxylation is 2. The summed E-state index contributed by atoms with van der Waals surface area (Å²) >= 11 is 1.24. The summed E-state index contributed by atoms with van der Waals surface area (Å²) in [4.78, 5) is 3.06. The van der Waals surface area contributed by atoms with Crippen LogP contribution in [0.15, 0.2) is 39.1 Å². The number of anilines is 1. The molecule has 0 N–H and O–H groups in total. The third kappa shape index (κ3) is 3.60. The van der Waals surface area contributed by atoms with Crippen LogP contribution in [0.3, 0.4) is 0 Å². The molecule has 0 amide bonds. The molecule has 2 aromatic heterocycles. The molecule has 8 heteroatoms. The molecule has 0 spiro atoms. The van der Waals surface area contributed by atoms with Crippen LogP contribution >= 0.6 is 11.3 Å². The van der Waals surface area contributed by atoms with Gasteiger partial charge in [0.25, 0.3) is 10.0 Å². The normalized spacial score (nSPS) is 15.8. The highest BCUT2D eigenvalue weighted by Gasteiger charge is 2.30. The van der Waals surface area contributed by atoms with Gasteiger partial charge in [0.05, 0.1) is 10.6 Å². The second kappa shape index (κ2) is 7.59. The minimum atomic E-state index is -3.52. The first-order valence-electron chi connectivity index (χ1n) is 9.63. The molecule has 0 bridgehead atoms. The second-order valence-corrected chi connectivity index (χ2v) is 10.7. The zero-order chi connectivity index (χ0) is 20.8. The molecule has 0 saturated carbocycles. The highest BCUT2D eigenvalue weighted by atomic mass is 32.2. The third-order valence-corrected chi connectivity index (χ3v) is 9.16. The van der Waals surface area contributed by atoms with Gasteiger partial charge in [-0.1, -0.05) is 17.3 Å². The van der Waals surface area contributed by atoms with E-state index in [1.165, 1.54) is 28.2 Å². The molecule has 1 aliphatic heterocycles. The molecule has 0 unspecified atom stereocenters. The first kappa shape index (κ1) is 20.1. The minimum Gasteiger partial charge on any atom is -0.369 e. The lowest BCUT2D eigenvalue weighted by atomic mass is 10.1. The summed E-state index contributed by atoms with van der Waals surface area (Å²) in [7, 11) is -3.52. The van der Waals surface area contributed by atoms with Gasteiger partial charge in [0, 0.05) is 37.4 Å².